The highest BCUT2D eigenvalue weighted by atomic mass is 35.5. The zero-order chi connectivity index (χ0) is 15.0. The van der Waals surface area contributed by atoms with E-state index in [2.05, 4.69) is 10.6 Å². The van der Waals surface area contributed by atoms with Gasteiger partial charge in [-0.25, -0.2) is 4.39 Å². The molecule has 0 saturated heterocycles. The summed E-state index contributed by atoms with van der Waals surface area (Å²) < 4.78 is 12.9. The highest BCUT2D eigenvalue weighted by molar-refractivity contribution is 6.31. The fourth-order valence-corrected chi connectivity index (χ4v) is 1.83. The van der Waals surface area contributed by atoms with Crippen LogP contribution in [0.2, 0.25) is 5.02 Å². The van der Waals surface area contributed by atoms with Crippen LogP contribution in [0.5, 0.6) is 0 Å². The number of anilines is 1. The van der Waals surface area contributed by atoms with E-state index in [9.17, 15) is 14.0 Å². The second-order valence-electron chi connectivity index (χ2n) is 4.47. The first-order valence-electron chi connectivity index (χ1n) is 6.48. The zero-order valence-corrected chi connectivity index (χ0v) is 12.1. The van der Waals surface area contributed by atoms with Crippen molar-refractivity contribution in [2.24, 2.45) is 0 Å². The summed E-state index contributed by atoms with van der Waals surface area (Å²) in [6, 6.07) is 4.06. The predicted molar refractivity (Wildman–Crippen MR) is 77.2 cm³/mol. The number of nitrogens with one attached hydrogen (secondary N) is 2. The third kappa shape index (κ3) is 6.52. The number of amides is 2. The Balaban J connectivity index is 2.20. The Morgan fingerprint density at radius 2 is 2.00 bits per heavy atom. The van der Waals surface area contributed by atoms with Gasteiger partial charge >= 0.3 is 0 Å². The molecule has 0 radical (unpaired) electrons. The predicted octanol–water partition coefficient (Wildman–Crippen LogP) is 3.11. The summed E-state index contributed by atoms with van der Waals surface area (Å²) >= 11 is 5.62. The molecule has 1 aromatic carbocycles. The molecule has 20 heavy (non-hydrogen) atoms. The zero-order valence-electron chi connectivity index (χ0n) is 11.3. The van der Waals surface area contributed by atoms with Crippen molar-refractivity contribution in [2.75, 3.05) is 11.9 Å². The molecule has 110 valence electrons. The third-order valence-corrected chi connectivity index (χ3v) is 2.95. The van der Waals surface area contributed by atoms with Crippen molar-refractivity contribution in [2.45, 2.75) is 32.6 Å². The number of carbonyl (C=O) groups excluding carboxylic acids is 2. The van der Waals surface area contributed by atoms with Crippen LogP contribution in [0.25, 0.3) is 0 Å². The number of carbonyl (C=O) groups is 2. The van der Waals surface area contributed by atoms with Crippen molar-refractivity contribution in [3.63, 3.8) is 0 Å². The molecule has 2 N–H and O–H groups in total. The molecule has 0 bridgehead atoms. The van der Waals surface area contributed by atoms with Gasteiger partial charge in [-0.3, -0.25) is 9.59 Å². The summed E-state index contributed by atoms with van der Waals surface area (Å²) in [6.45, 7) is 2.10. The molecule has 0 atom stereocenters. The summed E-state index contributed by atoms with van der Waals surface area (Å²) in [6.07, 6.45) is 2.82. The van der Waals surface area contributed by atoms with Crippen molar-refractivity contribution in [1.82, 2.24) is 5.32 Å². The van der Waals surface area contributed by atoms with Gasteiger partial charge in [0.2, 0.25) is 11.8 Å². The smallest absolute Gasteiger partial charge is 0.224 e. The fraction of sp³-hybridized carbons (Fsp3) is 0.429. The lowest BCUT2D eigenvalue weighted by molar-refractivity contribution is -0.119. The quantitative estimate of drug-likeness (QED) is 0.760. The lowest BCUT2D eigenvalue weighted by atomic mass is 10.2. The summed E-state index contributed by atoms with van der Waals surface area (Å²) in [5.74, 6) is -0.689. The Morgan fingerprint density at radius 3 is 2.65 bits per heavy atom. The van der Waals surface area contributed by atoms with E-state index in [1.807, 2.05) is 0 Å². The standard InChI is InChI=1S/C14H18ClFN2O2/c1-10(19)17-8-4-2-3-5-14(20)18-11-6-7-13(16)12(15)9-11/h6-7,9H,2-5,8H2,1H3,(H,17,19)(H,18,20). The molecule has 0 aromatic heterocycles. The molecular weight excluding hydrogens is 283 g/mol. The van der Waals surface area contributed by atoms with Crippen LogP contribution in [0.1, 0.15) is 32.6 Å². The van der Waals surface area contributed by atoms with Gasteiger partial charge in [0, 0.05) is 25.6 Å². The molecule has 2 amide bonds. The average Bonchev–Trinajstić information content (AvgIpc) is 2.38. The van der Waals surface area contributed by atoms with Crippen molar-refractivity contribution in [3.05, 3.63) is 29.0 Å². The summed E-state index contributed by atoms with van der Waals surface area (Å²) in [4.78, 5) is 22.3. The highest BCUT2D eigenvalue weighted by Crippen LogP contribution is 2.19. The van der Waals surface area contributed by atoms with E-state index in [1.54, 1.807) is 0 Å². The number of benzene rings is 1. The minimum atomic E-state index is -0.511. The lowest BCUT2D eigenvalue weighted by Crippen LogP contribution is -2.20. The lowest BCUT2D eigenvalue weighted by Gasteiger charge is -2.06. The molecule has 0 aliphatic heterocycles. The van der Waals surface area contributed by atoms with E-state index >= 15 is 0 Å². The van der Waals surface area contributed by atoms with Crippen LogP contribution in [0.15, 0.2) is 18.2 Å². The van der Waals surface area contributed by atoms with Crippen LogP contribution < -0.4 is 10.6 Å². The van der Waals surface area contributed by atoms with Crippen LogP contribution in [0, 0.1) is 5.82 Å². The van der Waals surface area contributed by atoms with Gasteiger partial charge in [0.15, 0.2) is 0 Å². The van der Waals surface area contributed by atoms with Crippen LogP contribution in [-0.4, -0.2) is 18.4 Å². The summed E-state index contributed by atoms with van der Waals surface area (Å²) in [7, 11) is 0. The Kier molecular flexibility index (Phi) is 7.01. The summed E-state index contributed by atoms with van der Waals surface area (Å²) in [5.41, 5.74) is 0.486. The van der Waals surface area contributed by atoms with Crippen LogP contribution in [0.4, 0.5) is 10.1 Å². The van der Waals surface area contributed by atoms with Crippen molar-refractivity contribution in [3.8, 4) is 0 Å². The molecule has 0 unspecified atom stereocenters. The van der Waals surface area contributed by atoms with E-state index in [0.29, 0.717) is 18.7 Å². The fourth-order valence-electron chi connectivity index (χ4n) is 1.65. The van der Waals surface area contributed by atoms with Crippen molar-refractivity contribution >= 4 is 29.1 Å². The van der Waals surface area contributed by atoms with Crippen LogP contribution in [0.3, 0.4) is 0 Å². The maximum Gasteiger partial charge on any atom is 0.224 e. The maximum absolute atomic E-state index is 12.9. The monoisotopic (exact) mass is 300 g/mol. The molecule has 0 aliphatic carbocycles. The Labute approximate surface area is 122 Å². The topological polar surface area (TPSA) is 58.2 Å². The first-order chi connectivity index (χ1) is 9.49. The molecule has 0 aliphatic rings. The number of halogens is 2. The van der Waals surface area contributed by atoms with Gasteiger partial charge in [0.25, 0.3) is 0 Å². The number of rotatable bonds is 7. The van der Waals surface area contributed by atoms with E-state index in [-0.39, 0.29) is 16.8 Å². The van der Waals surface area contributed by atoms with Crippen LogP contribution >= 0.6 is 11.6 Å². The Bertz CT molecular complexity index is 480. The minimum Gasteiger partial charge on any atom is -0.356 e. The van der Waals surface area contributed by atoms with Gasteiger partial charge in [0.1, 0.15) is 5.82 Å². The molecule has 1 rings (SSSR count). The SMILES string of the molecule is CC(=O)NCCCCCC(=O)Nc1ccc(F)c(Cl)c1. The highest BCUT2D eigenvalue weighted by Gasteiger charge is 2.05. The molecule has 0 heterocycles. The molecule has 0 saturated carbocycles. The van der Waals surface area contributed by atoms with Gasteiger partial charge in [0.05, 0.1) is 5.02 Å². The molecule has 0 spiro atoms. The molecule has 0 fully saturated rings. The first-order valence-corrected chi connectivity index (χ1v) is 6.86. The first kappa shape index (κ1) is 16.4. The number of hydrogen-bond donors (Lipinski definition) is 2. The van der Waals surface area contributed by atoms with Gasteiger partial charge in [-0.2, -0.15) is 0 Å². The average molecular weight is 301 g/mol. The maximum atomic E-state index is 12.9. The van der Waals surface area contributed by atoms with Crippen molar-refractivity contribution in [1.29, 1.82) is 0 Å². The normalized spacial score (nSPS) is 10.2. The van der Waals surface area contributed by atoms with E-state index in [1.165, 1.54) is 25.1 Å². The van der Waals surface area contributed by atoms with E-state index in [4.69, 9.17) is 11.6 Å². The van der Waals surface area contributed by atoms with Gasteiger partial charge in [-0.15, -0.1) is 0 Å². The Hall–Kier alpha value is -1.62. The minimum absolute atomic E-state index is 0.0156. The summed E-state index contributed by atoms with van der Waals surface area (Å²) in [5, 5.41) is 5.34. The number of hydrogen-bond acceptors (Lipinski definition) is 2. The van der Waals surface area contributed by atoms with E-state index in [0.717, 1.165) is 19.3 Å². The van der Waals surface area contributed by atoms with Gasteiger partial charge in [-0.05, 0) is 31.0 Å². The molecule has 4 nitrogen and oxygen atoms in total. The second-order valence-corrected chi connectivity index (χ2v) is 4.88. The molecular formula is C14H18ClFN2O2. The molecule has 6 heteroatoms. The van der Waals surface area contributed by atoms with Crippen molar-refractivity contribution < 1.29 is 14.0 Å². The largest absolute Gasteiger partial charge is 0.356 e. The van der Waals surface area contributed by atoms with E-state index < -0.39 is 5.82 Å². The second kappa shape index (κ2) is 8.53. The molecule has 1 aromatic rings. The number of unbranched alkanes of at least 4 members (excludes halogenated alkanes) is 2. The van der Waals surface area contributed by atoms with Gasteiger partial charge < -0.3 is 10.6 Å². The Morgan fingerprint density at radius 1 is 1.25 bits per heavy atom. The van der Waals surface area contributed by atoms with Crippen LogP contribution in [-0.2, 0) is 9.59 Å². The van der Waals surface area contributed by atoms with Gasteiger partial charge in [-0.1, -0.05) is 18.0 Å². The third-order valence-electron chi connectivity index (χ3n) is 2.66.